The molecule has 196 valence electrons. The fraction of sp³-hybridized carbons (Fsp3) is 0.0556. The molecule has 0 saturated heterocycles. The number of rotatable bonds is 6. The first-order chi connectivity index (χ1) is 19.5. The Hall–Kier alpha value is -5.22. The number of aromatic hydroxyl groups is 3. The molecule has 3 N–H and O–H groups in total. The number of hydrogen-bond acceptors (Lipinski definition) is 4. The second-order valence-electron chi connectivity index (χ2n) is 9.93. The summed E-state index contributed by atoms with van der Waals surface area (Å²) >= 11 is 0. The Kier molecular flexibility index (Phi) is 6.82. The molecule has 5 aromatic carbocycles. The number of anilines is 2. The number of phenols is 3. The zero-order valence-electron chi connectivity index (χ0n) is 21.9. The van der Waals surface area contributed by atoms with Gasteiger partial charge in [0.25, 0.3) is 0 Å². The van der Waals surface area contributed by atoms with E-state index < -0.39 is 0 Å². The van der Waals surface area contributed by atoms with Gasteiger partial charge >= 0.3 is 0 Å². The summed E-state index contributed by atoms with van der Waals surface area (Å²) in [6.07, 6.45) is 7.47. The molecule has 4 nitrogen and oxygen atoms in total. The van der Waals surface area contributed by atoms with Crippen molar-refractivity contribution in [2.24, 2.45) is 0 Å². The smallest absolute Gasteiger partial charge is 0.115 e. The van der Waals surface area contributed by atoms with Crippen LogP contribution in [0.25, 0.3) is 27.8 Å². The van der Waals surface area contributed by atoms with E-state index in [1.54, 1.807) is 36.4 Å². The molecule has 4 heteroatoms. The van der Waals surface area contributed by atoms with Crippen molar-refractivity contribution in [2.75, 3.05) is 4.90 Å². The van der Waals surface area contributed by atoms with Gasteiger partial charge in [0, 0.05) is 11.4 Å². The van der Waals surface area contributed by atoms with Gasteiger partial charge in [0.05, 0.1) is 6.04 Å². The van der Waals surface area contributed by atoms with Crippen molar-refractivity contribution in [2.45, 2.75) is 12.5 Å². The summed E-state index contributed by atoms with van der Waals surface area (Å²) in [6, 6.07) is 38.9. The largest absolute Gasteiger partial charge is 0.508 e. The standard InChI is InChI=1S/C36H29NO3/c38-34-19-7-28(8-20-34)25-1-13-31(14-2-25)37(32-15-3-26(4-16-32)29-9-21-35(39)22-10-29)33-17-5-27(6-18-33)30-11-23-36(40)24-12-30/h1-17,19-24,33,38-40H,18H2. The summed E-state index contributed by atoms with van der Waals surface area (Å²) in [5.41, 5.74) is 8.64. The summed E-state index contributed by atoms with van der Waals surface area (Å²) in [5, 5.41) is 29.0. The van der Waals surface area contributed by atoms with Gasteiger partial charge < -0.3 is 20.2 Å². The molecule has 6 rings (SSSR count). The summed E-state index contributed by atoms with van der Waals surface area (Å²) in [4.78, 5) is 2.35. The average molecular weight is 524 g/mol. The van der Waals surface area contributed by atoms with Crippen molar-refractivity contribution in [1.82, 2.24) is 0 Å². The van der Waals surface area contributed by atoms with Crippen molar-refractivity contribution < 1.29 is 15.3 Å². The Balaban J connectivity index is 1.32. The minimum atomic E-state index is 0.111. The third-order valence-corrected chi connectivity index (χ3v) is 7.30. The topological polar surface area (TPSA) is 63.9 Å². The molecule has 0 aromatic heterocycles. The molecule has 5 aromatic rings. The highest BCUT2D eigenvalue weighted by Crippen LogP contribution is 2.36. The first kappa shape index (κ1) is 25.1. The first-order valence-electron chi connectivity index (χ1n) is 13.3. The molecular weight excluding hydrogens is 494 g/mol. The molecule has 0 spiro atoms. The second kappa shape index (κ2) is 10.9. The van der Waals surface area contributed by atoms with Gasteiger partial charge in [-0.05, 0) is 100 Å². The maximum Gasteiger partial charge on any atom is 0.115 e. The van der Waals surface area contributed by atoms with Crippen molar-refractivity contribution >= 4 is 16.9 Å². The van der Waals surface area contributed by atoms with Crippen LogP contribution in [0.3, 0.4) is 0 Å². The predicted molar refractivity (Wildman–Crippen MR) is 163 cm³/mol. The highest BCUT2D eigenvalue weighted by Gasteiger charge is 2.21. The third-order valence-electron chi connectivity index (χ3n) is 7.30. The molecule has 0 fully saturated rings. The summed E-state index contributed by atoms with van der Waals surface area (Å²) < 4.78 is 0. The van der Waals surface area contributed by atoms with E-state index in [-0.39, 0.29) is 23.3 Å². The van der Waals surface area contributed by atoms with Crippen molar-refractivity contribution in [3.8, 4) is 39.5 Å². The number of allylic oxidation sites excluding steroid dienone is 2. The third kappa shape index (κ3) is 5.33. The molecule has 1 aliphatic carbocycles. The van der Waals surface area contributed by atoms with Crippen molar-refractivity contribution in [1.29, 1.82) is 0 Å². The van der Waals surface area contributed by atoms with E-state index in [0.29, 0.717) is 0 Å². The Labute approximate surface area is 234 Å². The van der Waals surface area contributed by atoms with Gasteiger partial charge in [-0.3, -0.25) is 0 Å². The Morgan fingerprint density at radius 3 is 1.15 bits per heavy atom. The molecule has 0 heterocycles. The number of phenolic OH excluding ortho intramolecular Hbond substituents is 3. The molecule has 1 aliphatic rings. The van der Waals surface area contributed by atoms with E-state index in [9.17, 15) is 15.3 Å². The van der Waals surface area contributed by atoms with E-state index >= 15 is 0 Å². The van der Waals surface area contributed by atoms with Gasteiger partial charge in [-0.15, -0.1) is 0 Å². The first-order valence-corrected chi connectivity index (χ1v) is 13.3. The SMILES string of the molecule is Oc1ccc(C2=CCC(N(c3ccc(-c4ccc(O)cc4)cc3)c3ccc(-c4ccc(O)cc4)cc3)C=C2)cc1. The van der Waals surface area contributed by atoms with Crippen molar-refractivity contribution in [3.63, 3.8) is 0 Å². The summed E-state index contributed by atoms with van der Waals surface area (Å²) in [7, 11) is 0. The van der Waals surface area contributed by atoms with E-state index in [1.165, 1.54) is 0 Å². The fourth-order valence-corrected chi connectivity index (χ4v) is 5.14. The fourth-order valence-electron chi connectivity index (χ4n) is 5.14. The van der Waals surface area contributed by atoms with Gasteiger partial charge in [-0.25, -0.2) is 0 Å². The van der Waals surface area contributed by atoms with Crippen molar-refractivity contribution in [3.05, 3.63) is 145 Å². The molecule has 1 atom stereocenters. The van der Waals surface area contributed by atoms with Crippen LogP contribution in [-0.4, -0.2) is 21.4 Å². The van der Waals surface area contributed by atoms with Gasteiger partial charge in [0.2, 0.25) is 0 Å². The second-order valence-corrected chi connectivity index (χ2v) is 9.93. The number of hydrogen-bond donors (Lipinski definition) is 3. The Morgan fingerprint density at radius 2 is 0.800 bits per heavy atom. The Morgan fingerprint density at radius 1 is 0.450 bits per heavy atom. The van der Waals surface area contributed by atoms with Gasteiger partial charge in [-0.1, -0.05) is 78.9 Å². The Bertz CT molecular complexity index is 1560. The lowest BCUT2D eigenvalue weighted by atomic mass is 9.95. The predicted octanol–water partition coefficient (Wildman–Crippen LogP) is 8.69. The lowest BCUT2D eigenvalue weighted by molar-refractivity contribution is 0.475. The quantitative estimate of drug-likeness (QED) is 0.208. The van der Waals surface area contributed by atoms with Crippen LogP contribution < -0.4 is 4.90 Å². The van der Waals surface area contributed by atoms with Gasteiger partial charge in [0.1, 0.15) is 17.2 Å². The van der Waals surface area contributed by atoms with E-state index in [4.69, 9.17) is 0 Å². The molecule has 0 amide bonds. The van der Waals surface area contributed by atoms with Crippen LogP contribution in [-0.2, 0) is 0 Å². The normalized spacial score (nSPS) is 14.5. The molecular formula is C36H29NO3. The highest BCUT2D eigenvalue weighted by atomic mass is 16.3. The molecule has 1 unspecified atom stereocenters. The molecule has 0 bridgehead atoms. The monoisotopic (exact) mass is 523 g/mol. The summed E-state index contributed by atoms with van der Waals surface area (Å²) in [6.45, 7) is 0. The minimum absolute atomic E-state index is 0.111. The molecule has 0 saturated carbocycles. The lowest BCUT2D eigenvalue weighted by Crippen LogP contribution is -2.30. The zero-order chi connectivity index (χ0) is 27.5. The van der Waals surface area contributed by atoms with E-state index in [1.807, 2.05) is 36.4 Å². The summed E-state index contributed by atoms with van der Waals surface area (Å²) in [5.74, 6) is 0.775. The lowest BCUT2D eigenvalue weighted by Gasteiger charge is -2.33. The number of nitrogens with zero attached hydrogens (tertiary/aromatic N) is 1. The van der Waals surface area contributed by atoms with Crippen LogP contribution in [0.1, 0.15) is 12.0 Å². The minimum Gasteiger partial charge on any atom is -0.508 e. The van der Waals surface area contributed by atoms with Crippen LogP contribution in [0.15, 0.2) is 140 Å². The molecule has 40 heavy (non-hydrogen) atoms. The molecule has 0 radical (unpaired) electrons. The zero-order valence-corrected chi connectivity index (χ0v) is 21.9. The van der Waals surface area contributed by atoms with E-state index in [2.05, 4.69) is 71.7 Å². The maximum absolute atomic E-state index is 9.66. The highest BCUT2D eigenvalue weighted by molar-refractivity contribution is 5.78. The van der Waals surface area contributed by atoms with Crippen LogP contribution in [0.2, 0.25) is 0 Å². The molecule has 0 aliphatic heterocycles. The van der Waals surface area contributed by atoms with Crippen LogP contribution in [0, 0.1) is 0 Å². The maximum atomic E-state index is 9.66. The van der Waals surface area contributed by atoms with Crippen LogP contribution >= 0.6 is 0 Å². The van der Waals surface area contributed by atoms with Crippen LogP contribution in [0.5, 0.6) is 17.2 Å². The van der Waals surface area contributed by atoms with Crippen LogP contribution in [0.4, 0.5) is 11.4 Å². The average Bonchev–Trinajstić information content (AvgIpc) is 3.00. The number of benzene rings is 5. The van der Waals surface area contributed by atoms with Gasteiger partial charge in [0.15, 0.2) is 0 Å². The van der Waals surface area contributed by atoms with E-state index in [0.717, 1.165) is 51.2 Å². The van der Waals surface area contributed by atoms with Gasteiger partial charge in [-0.2, -0.15) is 0 Å².